The van der Waals surface area contributed by atoms with Gasteiger partial charge in [0.2, 0.25) is 11.8 Å². The van der Waals surface area contributed by atoms with Crippen LogP contribution in [-0.4, -0.2) is 29.5 Å². The minimum atomic E-state index is -0.383. The predicted molar refractivity (Wildman–Crippen MR) is 122 cm³/mol. The highest BCUT2D eigenvalue weighted by molar-refractivity contribution is 6.32. The molecular formula is C24H28ClN3O3. The van der Waals surface area contributed by atoms with Crippen LogP contribution in [0.1, 0.15) is 62.0 Å². The maximum Gasteiger partial charge on any atom is 0.274 e. The first-order chi connectivity index (χ1) is 15.0. The normalized spacial score (nSPS) is 20.1. The first kappa shape index (κ1) is 21.6. The van der Waals surface area contributed by atoms with Gasteiger partial charge in [-0.15, -0.1) is 0 Å². The van der Waals surface area contributed by atoms with Gasteiger partial charge in [-0.05, 0) is 54.9 Å². The maximum atomic E-state index is 12.8. The molecule has 6 nitrogen and oxygen atoms in total. The van der Waals surface area contributed by atoms with E-state index < -0.39 is 0 Å². The van der Waals surface area contributed by atoms with E-state index in [9.17, 15) is 14.4 Å². The Labute approximate surface area is 187 Å². The second-order valence-corrected chi connectivity index (χ2v) is 8.79. The third kappa shape index (κ3) is 4.40. The zero-order valence-corrected chi connectivity index (χ0v) is 18.5. The van der Waals surface area contributed by atoms with E-state index in [0.29, 0.717) is 17.9 Å². The number of carbonyl (C=O) groups is 2. The zero-order valence-electron chi connectivity index (χ0n) is 17.8. The van der Waals surface area contributed by atoms with Gasteiger partial charge in [-0.25, -0.2) is 0 Å². The minimum absolute atomic E-state index is 0.0701. The van der Waals surface area contributed by atoms with Crippen LogP contribution in [0.4, 0.5) is 5.69 Å². The Morgan fingerprint density at radius 2 is 1.77 bits per heavy atom. The second-order valence-electron chi connectivity index (χ2n) is 8.41. The standard InChI is InChI=1S/C24H28ClN3O3/c1-2-12-28-13-4-7-20(24(28)31)27-14-10-16(11-15-27)17-5-3-6-18(22(17)25)19-8-9-21(29)26-23(19)30/h3-7,13,16,19H,2,8-12,14-15H2,1H3,(H,26,29,30). The van der Waals surface area contributed by atoms with Gasteiger partial charge in [0.25, 0.3) is 5.56 Å². The summed E-state index contributed by atoms with van der Waals surface area (Å²) in [6.07, 6.45) is 5.38. The average molecular weight is 442 g/mol. The van der Waals surface area contributed by atoms with Gasteiger partial charge in [-0.1, -0.05) is 36.7 Å². The van der Waals surface area contributed by atoms with Gasteiger partial charge < -0.3 is 9.47 Å². The lowest BCUT2D eigenvalue weighted by Gasteiger charge is -2.34. The Morgan fingerprint density at radius 3 is 2.48 bits per heavy atom. The molecule has 0 aliphatic carbocycles. The molecule has 164 valence electrons. The molecule has 2 aliphatic heterocycles. The zero-order chi connectivity index (χ0) is 22.0. The van der Waals surface area contributed by atoms with Crippen molar-refractivity contribution in [2.45, 2.75) is 57.4 Å². The summed E-state index contributed by atoms with van der Waals surface area (Å²) in [4.78, 5) is 38.8. The number of halogens is 1. The summed E-state index contributed by atoms with van der Waals surface area (Å²) in [5.74, 6) is -0.595. The van der Waals surface area contributed by atoms with Crippen molar-refractivity contribution in [3.63, 3.8) is 0 Å². The number of hydrogen-bond acceptors (Lipinski definition) is 4. The highest BCUT2D eigenvalue weighted by atomic mass is 35.5. The molecule has 7 heteroatoms. The van der Waals surface area contributed by atoms with Crippen LogP contribution in [0, 0.1) is 0 Å². The van der Waals surface area contributed by atoms with Crippen molar-refractivity contribution in [2.24, 2.45) is 0 Å². The molecule has 2 aliphatic rings. The highest BCUT2D eigenvalue weighted by Crippen LogP contribution is 2.39. The van der Waals surface area contributed by atoms with Gasteiger partial charge in [-0.2, -0.15) is 0 Å². The molecule has 2 amide bonds. The van der Waals surface area contributed by atoms with Gasteiger partial charge in [0.15, 0.2) is 0 Å². The lowest BCUT2D eigenvalue weighted by Crippen LogP contribution is -2.39. The fourth-order valence-electron chi connectivity index (χ4n) is 4.76. The molecule has 1 atom stereocenters. The smallest absolute Gasteiger partial charge is 0.274 e. The molecule has 1 aromatic carbocycles. The summed E-state index contributed by atoms with van der Waals surface area (Å²) in [6.45, 7) is 4.37. The molecule has 2 saturated heterocycles. The number of carbonyl (C=O) groups excluding carboxylic acids is 2. The molecule has 1 unspecified atom stereocenters. The quantitative estimate of drug-likeness (QED) is 0.716. The molecule has 0 spiro atoms. The Morgan fingerprint density at radius 1 is 1.03 bits per heavy atom. The number of hydrogen-bond donors (Lipinski definition) is 1. The van der Waals surface area contributed by atoms with Gasteiger partial charge >= 0.3 is 0 Å². The molecule has 2 fully saturated rings. The minimum Gasteiger partial charge on any atom is -0.367 e. The number of anilines is 1. The third-order valence-corrected chi connectivity index (χ3v) is 6.85. The lowest BCUT2D eigenvalue weighted by atomic mass is 9.84. The molecule has 1 aromatic heterocycles. The van der Waals surface area contributed by atoms with E-state index in [0.717, 1.165) is 55.7 Å². The fourth-order valence-corrected chi connectivity index (χ4v) is 5.17. The predicted octanol–water partition coefficient (Wildman–Crippen LogP) is 3.82. The summed E-state index contributed by atoms with van der Waals surface area (Å²) in [5, 5.41) is 3.06. The second kappa shape index (κ2) is 9.27. The van der Waals surface area contributed by atoms with Crippen molar-refractivity contribution in [3.05, 3.63) is 63.0 Å². The van der Waals surface area contributed by atoms with Crippen LogP contribution in [0.25, 0.3) is 0 Å². The summed E-state index contributed by atoms with van der Waals surface area (Å²) in [6, 6.07) is 9.73. The monoisotopic (exact) mass is 441 g/mol. The molecule has 0 bridgehead atoms. The van der Waals surface area contributed by atoms with Gasteiger partial charge in [0, 0.05) is 37.3 Å². The van der Waals surface area contributed by atoms with Crippen LogP contribution in [-0.2, 0) is 16.1 Å². The summed E-state index contributed by atoms with van der Waals surface area (Å²) in [5.41, 5.74) is 2.69. The van der Waals surface area contributed by atoms with Crippen LogP contribution >= 0.6 is 11.6 Å². The van der Waals surface area contributed by atoms with E-state index in [1.54, 1.807) is 4.57 Å². The number of pyridine rings is 1. The maximum absolute atomic E-state index is 12.8. The number of benzene rings is 1. The number of amides is 2. The largest absolute Gasteiger partial charge is 0.367 e. The Hall–Kier alpha value is -2.60. The molecule has 2 aromatic rings. The molecule has 4 rings (SSSR count). The van der Waals surface area contributed by atoms with Crippen molar-refractivity contribution < 1.29 is 9.59 Å². The van der Waals surface area contributed by atoms with Gasteiger partial charge in [-0.3, -0.25) is 19.7 Å². The summed E-state index contributed by atoms with van der Waals surface area (Å²) in [7, 11) is 0. The van der Waals surface area contributed by atoms with Gasteiger partial charge in [0.05, 0.1) is 5.92 Å². The molecule has 31 heavy (non-hydrogen) atoms. The van der Waals surface area contributed by atoms with E-state index in [-0.39, 0.29) is 29.2 Å². The third-order valence-electron chi connectivity index (χ3n) is 6.41. The summed E-state index contributed by atoms with van der Waals surface area (Å²) < 4.78 is 1.78. The fraction of sp³-hybridized carbons (Fsp3) is 0.458. The van der Waals surface area contributed by atoms with Crippen molar-refractivity contribution in [2.75, 3.05) is 18.0 Å². The molecule has 1 N–H and O–H groups in total. The van der Waals surface area contributed by atoms with Crippen LogP contribution in [0.3, 0.4) is 0 Å². The number of piperidine rings is 2. The number of aromatic nitrogens is 1. The average Bonchev–Trinajstić information content (AvgIpc) is 2.76. The lowest BCUT2D eigenvalue weighted by molar-refractivity contribution is -0.134. The Balaban J connectivity index is 1.50. The number of nitrogens with zero attached hydrogens (tertiary/aromatic N) is 2. The number of rotatable bonds is 5. The first-order valence-electron chi connectivity index (χ1n) is 11.1. The highest BCUT2D eigenvalue weighted by Gasteiger charge is 2.31. The van der Waals surface area contributed by atoms with Gasteiger partial charge in [0.1, 0.15) is 5.69 Å². The van der Waals surface area contributed by atoms with E-state index in [1.807, 2.05) is 36.5 Å². The van der Waals surface area contributed by atoms with Crippen LogP contribution in [0.5, 0.6) is 0 Å². The van der Waals surface area contributed by atoms with Crippen molar-refractivity contribution in [1.82, 2.24) is 9.88 Å². The van der Waals surface area contributed by atoms with E-state index in [2.05, 4.69) is 17.1 Å². The van der Waals surface area contributed by atoms with E-state index >= 15 is 0 Å². The number of imide groups is 1. The topological polar surface area (TPSA) is 71.4 Å². The SMILES string of the molecule is CCCn1cccc(N2CCC(c3cccc(C4CCC(=O)NC4=O)c3Cl)CC2)c1=O. The first-order valence-corrected chi connectivity index (χ1v) is 11.4. The van der Waals surface area contributed by atoms with E-state index in [1.165, 1.54) is 0 Å². The Bertz CT molecular complexity index is 1040. The van der Waals surface area contributed by atoms with E-state index in [4.69, 9.17) is 11.6 Å². The van der Waals surface area contributed by atoms with Crippen LogP contribution in [0.15, 0.2) is 41.3 Å². The molecule has 3 heterocycles. The molecule has 0 saturated carbocycles. The van der Waals surface area contributed by atoms with Crippen LogP contribution < -0.4 is 15.8 Å². The summed E-state index contributed by atoms with van der Waals surface area (Å²) >= 11 is 6.78. The number of aryl methyl sites for hydroxylation is 1. The molecule has 0 radical (unpaired) electrons. The number of nitrogens with one attached hydrogen (secondary N) is 1. The van der Waals surface area contributed by atoms with Crippen molar-refractivity contribution in [1.29, 1.82) is 0 Å². The van der Waals surface area contributed by atoms with Crippen molar-refractivity contribution >= 4 is 29.1 Å². The Kier molecular flexibility index (Phi) is 6.46. The molecular weight excluding hydrogens is 414 g/mol. The van der Waals surface area contributed by atoms with Crippen LogP contribution in [0.2, 0.25) is 5.02 Å². The van der Waals surface area contributed by atoms with Crippen molar-refractivity contribution in [3.8, 4) is 0 Å².